The highest BCUT2D eigenvalue weighted by Gasteiger charge is 2.12. The molecule has 5 nitrogen and oxygen atoms in total. The van der Waals surface area contributed by atoms with Gasteiger partial charge in [-0.15, -0.1) is 10.2 Å². The molecule has 0 unspecified atom stereocenters. The first-order valence-electron chi connectivity index (χ1n) is 7.78. The summed E-state index contributed by atoms with van der Waals surface area (Å²) in [6, 6.07) is 15.1. The van der Waals surface area contributed by atoms with E-state index >= 15 is 0 Å². The summed E-state index contributed by atoms with van der Waals surface area (Å²) in [5.41, 5.74) is 1.68. The van der Waals surface area contributed by atoms with E-state index in [1.165, 1.54) is 0 Å². The minimum absolute atomic E-state index is 0.259. The number of hydrogen-bond donors (Lipinski definition) is 0. The number of hydrogen-bond acceptors (Lipinski definition) is 5. The molecule has 3 rings (SSSR count). The van der Waals surface area contributed by atoms with Crippen LogP contribution in [-0.2, 0) is 0 Å². The molecule has 2 aromatic carbocycles. The summed E-state index contributed by atoms with van der Waals surface area (Å²) in [4.78, 5) is 0. The Balaban J connectivity index is 1.87. The van der Waals surface area contributed by atoms with Crippen LogP contribution in [0.4, 0.5) is 0 Å². The second-order valence-corrected chi connectivity index (χ2v) is 5.52. The molecule has 0 aliphatic heterocycles. The number of halogens is 1. The summed E-state index contributed by atoms with van der Waals surface area (Å²) in [6.45, 7) is 2.46. The van der Waals surface area contributed by atoms with Crippen LogP contribution in [0, 0.1) is 0 Å². The number of benzene rings is 2. The van der Waals surface area contributed by atoms with E-state index < -0.39 is 0 Å². The third-order valence-corrected chi connectivity index (χ3v) is 3.70. The topological polar surface area (TPSA) is 57.4 Å². The number of rotatable bonds is 6. The first kappa shape index (κ1) is 17.0. The summed E-state index contributed by atoms with van der Waals surface area (Å²) in [7, 11) is 1.60. The Labute approximate surface area is 150 Å². The van der Waals surface area contributed by atoms with E-state index in [0.717, 1.165) is 11.1 Å². The smallest absolute Gasteiger partial charge is 0.259 e. The van der Waals surface area contributed by atoms with Gasteiger partial charge in [-0.25, -0.2) is 0 Å². The molecule has 0 saturated heterocycles. The van der Waals surface area contributed by atoms with E-state index in [0.29, 0.717) is 29.0 Å². The molecule has 1 heterocycles. The van der Waals surface area contributed by atoms with Crippen LogP contribution in [0.2, 0.25) is 0 Å². The van der Waals surface area contributed by atoms with Crippen LogP contribution in [0.1, 0.15) is 18.4 Å². The zero-order chi connectivity index (χ0) is 17.6. The Bertz CT molecular complexity index is 875. The molecule has 0 radical (unpaired) electrons. The Morgan fingerprint density at radius 1 is 1.12 bits per heavy atom. The third-order valence-electron chi connectivity index (χ3n) is 3.43. The highest BCUT2D eigenvalue weighted by atomic mass is 35.5. The molecule has 25 heavy (non-hydrogen) atoms. The summed E-state index contributed by atoms with van der Waals surface area (Å²) in [5, 5.41) is 8.39. The fourth-order valence-electron chi connectivity index (χ4n) is 2.28. The number of methoxy groups -OCH3 is 1. The van der Waals surface area contributed by atoms with Gasteiger partial charge in [0.15, 0.2) is 11.5 Å². The van der Waals surface area contributed by atoms with Crippen LogP contribution in [0.25, 0.3) is 22.6 Å². The van der Waals surface area contributed by atoms with Gasteiger partial charge in [-0.3, -0.25) is 0 Å². The zero-order valence-corrected chi connectivity index (χ0v) is 14.7. The normalized spacial score (nSPS) is 11.4. The predicted octanol–water partition coefficient (Wildman–Crippen LogP) is 4.88. The van der Waals surface area contributed by atoms with E-state index in [-0.39, 0.29) is 5.89 Å². The zero-order valence-electron chi connectivity index (χ0n) is 13.9. The van der Waals surface area contributed by atoms with Crippen molar-refractivity contribution in [3.63, 3.8) is 0 Å². The minimum Gasteiger partial charge on any atom is -0.493 e. The van der Waals surface area contributed by atoms with Crippen molar-refractivity contribution in [2.24, 2.45) is 0 Å². The van der Waals surface area contributed by atoms with E-state index in [1.807, 2.05) is 55.5 Å². The van der Waals surface area contributed by atoms with E-state index in [9.17, 15) is 0 Å². The molecule has 6 heteroatoms. The van der Waals surface area contributed by atoms with Crippen molar-refractivity contribution in [3.8, 4) is 23.0 Å². The molecule has 0 bridgehead atoms. The van der Waals surface area contributed by atoms with Gasteiger partial charge in [-0.05, 0) is 42.8 Å². The number of aromatic nitrogens is 2. The van der Waals surface area contributed by atoms with Crippen molar-refractivity contribution in [1.29, 1.82) is 0 Å². The standard InChI is InChI=1S/C19H17ClN2O3/c1-3-24-17-12-13(9-10-16(17)23-2)11-15(20)19-22-21-18(25-19)14-7-5-4-6-8-14/h4-12H,3H2,1-2H3/b15-11-. The third kappa shape index (κ3) is 4.00. The molecule has 0 fully saturated rings. The molecule has 0 atom stereocenters. The van der Waals surface area contributed by atoms with Crippen LogP contribution in [0.3, 0.4) is 0 Å². The lowest BCUT2D eigenvalue weighted by Gasteiger charge is -2.09. The second-order valence-electron chi connectivity index (χ2n) is 5.11. The highest BCUT2D eigenvalue weighted by molar-refractivity contribution is 6.50. The maximum Gasteiger partial charge on any atom is 0.259 e. The maximum atomic E-state index is 6.34. The maximum absolute atomic E-state index is 6.34. The van der Waals surface area contributed by atoms with Crippen molar-refractivity contribution in [3.05, 3.63) is 60.0 Å². The lowest BCUT2D eigenvalue weighted by atomic mass is 10.2. The average Bonchev–Trinajstić information content (AvgIpc) is 3.13. The highest BCUT2D eigenvalue weighted by Crippen LogP contribution is 2.31. The quantitative estimate of drug-likeness (QED) is 0.630. The SMILES string of the molecule is CCOc1cc(/C=C(\Cl)c2nnc(-c3ccccc3)o2)ccc1OC. The van der Waals surface area contributed by atoms with Crippen molar-refractivity contribution in [2.75, 3.05) is 13.7 Å². The van der Waals surface area contributed by atoms with E-state index in [4.69, 9.17) is 25.5 Å². The lowest BCUT2D eigenvalue weighted by Crippen LogP contribution is -1.95. The molecule has 0 saturated carbocycles. The molecule has 0 spiro atoms. The predicted molar refractivity (Wildman–Crippen MR) is 97.6 cm³/mol. The molecule has 1 aromatic heterocycles. The van der Waals surface area contributed by atoms with Gasteiger partial charge < -0.3 is 13.9 Å². The van der Waals surface area contributed by atoms with Gasteiger partial charge >= 0.3 is 0 Å². The van der Waals surface area contributed by atoms with Crippen LogP contribution in [0.15, 0.2) is 52.9 Å². The van der Waals surface area contributed by atoms with Crippen molar-refractivity contribution in [1.82, 2.24) is 10.2 Å². The van der Waals surface area contributed by atoms with Gasteiger partial charge in [0.2, 0.25) is 5.89 Å². The van der Waals surface area contributed by atoms with Crippen LogP contribution < -0.4 is 9.47 Å². The second kappa shape index (κ2) is 7.85. The van der Waals surface area contributed by atoms with E-state index in [2.05, 4.69) is 10.2 Å². The number of nitrogens with zero attached hydrogens (tertiary/aromatic N) is 2. The minimum atomic E-state index is 0.259. The molecular weight excluding hydrogens is 340 g/mol. The van der Waals surface area contributed by atoms with Gasteiger partial charge in [-0.1, -0.05) is 35.9 Å². The fraction of sp³-hybridized carbons (Fsp3) is 0.158. The molecule has 0 N–H and O–H groups in total. The van der Waals surface area contributed by atoms with Crippen molar-refractivity contribution < 1.29 is 13.9 Å². The first-order chi connectivity index (χ1) is 12.2. The summed E-state index contributed by atoms with van der Waals surface area (Å²) in [6.07, 6.45) is 1.74. The number of ether oxygens (including phenoxy) is 2. The van der Waals surface area contributed by atoms with E-state index in [1.54, 1.807) is 13.2 Å². The summed E-state index contributed by atoms with van der Waals surface area (Å²) in [5.74, 6) is 2.00. The molecule has 0 aliphatic carbocycles. The molecule has 3 aromatic rings. The lowest BCUT2D eigenvalue weighted by molar-refractivity contribution is 0.311. The Kier molecular flexibility index (Phi) is 5.36. The fourth-order valence-corrected chi connectivity index (χ4v) is 2.48. The largest absolute Gasteiger partial charge is 0.493 e. The Morgan fingerprint density at radius 2 is 1.92 bits per heavy atom. The molecule has 0 aliphatic rings. The van der Waals surface area contributed by atoms with Crippen molar-refractivity contribution >= 4 is 22.7 Å². The van der Waals surface area contributed by atoms with Crippen molar-refractivity contribution in [2.45, 2.75) is 6.92 Å². The Morgan fingerprint density at radius 3 is 2.64 bits per heavy atom. The first-order valence-corrected chi connectivity index (χ1v) is 8.16. The van der Waals surface area contributed by atoms with Gasteiger partial charge in [-0.2, -0.15) is 0 Å². The molecule has 0 amide bonds. The van der Waals surface area contributed by atoms with Gasteiger partial charge in [0.25, 0.3) is 5.89 Å². The van der Waals surface area contributed by atoms with Gasteiger partial charge in [0.1, 0.15) is 5.03 Å². The van der Waals surface area contributed by atoms with Crippen LogP contribution >= 0.6 is 11.6 Å². The van der Waals surface area contributed by atoms with Gasteiger partial charge in [0, 0.05) is 5.56 Å². The van der Waals surface area contributed by atoms with Gasteiger partial charge in [0.05, 0.1) is 13.7 Å². The summed E-state index contributed by atoms with van der Waals surface area (Å²) < 4.78 is 16.5. The molecule has 128 valence electrons. The Hall–Kier alpha value is -2.79. The van der Waals surface area contributed by atoms with Crippen LogP contribution in [0.5, 0.6) is 11.5 Å². The monoisotopic (exact) mass is 356 g/mol. The average molecular weight is 357 g/mol. The van der Waals surface area contributed by atoms with Crippen LogP contribution in [-0.4, -0.2) is 23.9 Å². The molecular formula is C19H17ClN2O3. The summed E-state index contributed by atoms with van der Waals surface area (Å²) >= 11 is 6.34.